The number of amides is 1. The third-order valence-corrected chi connectivity index (χ3v) is 4.76. The number of rotatable bonds is 3. The molecular formula is C16H25N5O. The predicted octanol–water partition coefficient (Wildman–Crippen LogP) is 1.67. The third kappa shape index (κ3) is 2.69. The molecule has 2 aliphatic rings. The fraction of sp³-hybridized carbons (Fsp3) is 0.625. The van der Waals surface area contributed by atoms with E-state index in [2.05, 4.69) is 9.80 Å². The molecule has 2 N–H and O–H groups in total. The molecular weight excluding hydrogens is 278 g/mol. The topological polar surface area (TPSA) is 65.7 Å². The zero-order chi connectivity index (χ0) is 15.7. The van der Waals surface area contributed by atoms with Crippen molar-refractivity contribution in [2.24, 2.45) is 0 Å². The zero-order valence-electron chi connectivity index (χ0n) is 13.5. The molecule has 0 aromatic carbocycles. The van der Waals surface area contributed by atoms with Crippen LogP contribution in [0.2, 0.25) is 0 Å². The van der Waals surface area contributed by atoms with Gasteiger partial charge in [-0.25, -0.2) is 4.98 Å². The van der Waals surface area contributed by atoms with E-state index in [9.17, 15) is 4.79 Å². The van der Waals surface area contributed by atoms with Gasteiger partial charge in [0.15, 0.2) is 5.82 Å². The summed E-state index contributed by atoms with van der Waals surface area (Å²) in [5, 5.41) is 0. The minimum absolute atomic E-state index is 0.0899. The molecule has 1 atom stereocenters. The molecule has 22 heavy (non-hydrogen) atoms. The van der Waals surface area contributed by atoms with Gasteiger partial charge in [-0.3, -0.25) is 4.79 Å². The summed E-state index contributed by atoms with van der Waals surface area (Å²) >= 11 is 0. The van der Waals surface area contributed by atoms with Gasteiger partial charge in [-0.2, -0.15) is 0 Å². The highest BCUT2D eigenvalue weighted by atomic mass is 16.2. The van der Waals surface area contributed by atoms with E-state index in [4.69, 9.17) is 10.7 Å². The maximum absolute atomic E-state index is 11.7. The number of carbonyl (C=O) groups is 1. The summed E-state index contributed by atoms with van der Waals surface area (Å²) in [6.45, 7) is 4.59. The van der Waals surface area contributed by atoms with Crippen LogP contribution in [0, 0.1) is 0 Å². The van der Waals surface area contributed by atoms with E-state index in [-0.39, 0.29) is 12.1 Å². The van der Waals surface area contributed by atoms with Gasteiger partial charge in [0.05, 0.1) is 5.69 Å². The van der Waals surface area contributed by atoms with Crippen LogP contribution < -0.4 is 15.5 Å². The molecule has 0 spiro atoms. The number of nitrogens with two attached hydrogens (primary N) is 1. The van der Waals surface area contributed by atoms with Crippen molar-refractivity contribution in [1.29, 1.82) is 0 Å². The summed E-state index contributed by atoms with van der Waals surface area (Å²) in [5.41, 5.74) is 6.86. The lowest BCUT2D eigenvalue weighted by molar-refractivity contribution is -0.129. The Balaban J connectivity index is 1.87. The molecule has 6 nitrogen and oxygen atoms in total. The van der Waals surface area contributed by atoms with Gasteiger partial charge in [-0.15, -0.1) is 0 Å². The molecule has 0 saturated carbocycles. The molecule has 1 aromatic heterocycles. The summed E-state index contributed by atoms with van der Waals surface area (Å²) in [5.74, 6) is 1.91. The summed E-state index contributed by atoms with van der Waals surface area (Å²) in [6.07, 6.45) is 4.56. The van der Waals surface area contributed by atoms with Crippen molar-refractivity contribution in [3.63, 3.8) is 0 Å². The average Bonchev–Trinajstić information content (AvgIpc) is 3.18. The molecule has 0 aliphatic carbocycles. The molecule has 1 unspecified atom stereocenters. The summed E-state index contributed by atoms with van der Waals surface area (Å²) in [7, 11) is 1.87. The minimum atomic E-state index is 0.0899. The van der Waals surface area contributed by atoms with Crippen molar-refractivity contribution < 1.29 is 4.79 Å². The van der Waals surface area contributed by atoms with Crippen LogP contribution >= 0.6 is 0 Å². The monoisotopic (exact) mass is 303 g/mol. The summed E-state index contributed by atoms with van der Waals surface area (Å²) in [6, 6.07) is 3.92. The quantitative estimate of drug-likeness (QED) is 0.920. The standard InChI is InChI=1S/C16H25N5O/c1-12(22)19(2)15-6-5-11-21(15)14-8-7-13(17)16(18-14)20-9-3-4-10-20/h7-8,15H,3-6,9-11,17H2,1-2H3. The van der Waals surface area contributed by atoms with Crippen molar-refractivity contribution in [3.05, 3.63) is 12.1 Å². The Hall–Kier alpha value is -1.98. The highest BCUT2D eigenvalue weighted by Gasteiger charge is 2.31. The van der Waals surface area contributed by atoms with Crippen molar-refractivity contribution in [2.45, 2.75) is 38.8 Å². The fourth-order valence-electron chi connectivity index (χ4n) is 3.42. The maximum Gasteiger partial charge on any atom is 0.220 e. The molecule has 1 aromatic rings. The first-order valence-electron chi connectivity index (χ1n) is 8.09. The van der Waals surface area contributed by atoms with Gasteiger partial charge in [-0.05, 0) is 37.8 Å². The highest BCUT2D eigenvalue weighted by Crippen LogP contribution is 2.31. The third-order valence-electron chi connectivity index (χ3n) is 4.76. The first-order chi connectivity index (χ1) is 10.6. The van der Waals surface area contributed by atoms with Crippen molar-refractivity contribution >= 4 is 23.2 Å². The fourth-order valence-corrected chi connectivity index (χ4v) is 3.42. The van der Waals surface area contributed by atoms with E-state index in [1.807, 2.05) is 19.2 Å². The van der Waals surface area contributed by atoms with E-state index >= 15 is 0 Å². The number of nitrogen functional groups attached to an aromatic ring is 1. The Bertz CT molecular complexity index is 555. The lowest BCUT2D eigenvalue weighted by atomic mass is 10.3. The predicted molar refractivity (Wildman–Crippen MR) is 88.9 cm³/mol. The van der Waals surface area contributed by atoms with Crippen LogP contribution in [-0.2, 0) is 4.79 Å². The van der Waals surface area contributed by atoms with Crippen LogP contribution in [0.15, 0.2) is 12.1 Å². The molecule has 2 fully saturated rings. The first-order valence-corrected chi connectivity index (χ1v) is 8.09. The number of hydrogen-bond donors (Lipinski definition) is 1. The van der Waals surface area contributed by atoms with E-state index in [0.717, 1.165) is 49.8 Å². The summed E-state index contributed by atoms with van der Waals surface area (Å²) in [4.78, 5) is 22.8. The number of nitrogens with zero attached hydrogens (tertiary/aromatic N) is 4. The van der Waals surface area contributed by atoms with Crippen LogP contribution in [-0.4, -0.2) is 48.6 Å². The molecule has 3 heterocycles. The van der Waals surface area contributed by atoms with Gasteiger partial charge < -0.3 is 20.4 Å². The molecule has 120 valence electrons. The van der Waals surface area contributed by atoms with Crippen molar-refractivity contribution in [1.82, 2.24) is 9.88 Å². The van der Waals surface area contributed by atoms with E-state index < -0.39 is 0 Å². The Morgan fingerprint density at radius 1 is 1.27 bits per heavy atom. The van der Waals surface area contributed by atoms with Crippen LogP contribution in [0.3, 0.4) is 0 Å². The molecule has 0 radical (unpaired) electrons. The summed E-state index contributed by atoms with van der Waals surface area (Å²) < 4.78 is 0. The number of aromatic nitrogens is 1. The second-order valence-electron chi connectivity index (χ2n) is 6.22. The molecule has 3 rings (SSSR count). The minimum Gasteiger partial charge on any atom is -0.396 e. The Kier molecular flexibility index (Phi) is 4.09. The van der Waals surface area contributed by atoms with Gasteiger partial charge in [0.25, 0.3) is 0 Å². The molecule has 1 amide bonds. The highest BCUT2D eigenvalue weighted by molar-refractivity contribution is 5.74. The van der Waals surface area contributed by atoms with E-state index in [0.29, 0.717) is 0 Å². The number of anilines is 3. The van der Waals surface area contributed by atoms with Crippen LogP contribution in [0.5, 0.6) is 0 Å². The van der Waals surface area contributed by atoms with E-state index in [1.54, 1.807) is 11.8 Å². The number of carbonyl (C=O) groups excluding carboxylic acids is 1. The zero-order valence-corrected chi connectivity index (χ0v) is 13.5. The number of pyridine rings is 1. The second kappa shape index (κ2) is 6.02. The van der Waals surface area contributed by atoms with Gasteiger partial charge in [0, 0.05) is 33.6 Å². The second-order valence-corrected chi connectivity index (χ2v) is 6.22. The van der Waals surface area contributed by atoms with Gasteiger partial charge in [0.2, 0.25) is 5.91 Å². The normalized spacial score (nSPS) is 21.5. The van der Waals surface area contributed by atoms with Crippen LogP contribution in [0.1, 0.15) is 32.6 Å². The van der Waals surface area contributed by atoms with E-state index in [1.165, 1.54) is 12.8 Å². The largest absolute Gasteiger partial charge is 0.396 e. The lowest BCUT2D eigenvalue weighted by Crippen LogP contribution is -2.45. The lowest BCUT2D eigenvalue weighted by Gasteiger charge is -2.33. The van der Waals surface area contributed by atoms with Crippen LogP contribution in [0.25, 0.3) is 0 Å². The Morgan fingerprint density at radius 3 is 2.68 bits per heavy atom. The smallest absolute Gasteiger partial charge is 0.220 e. The van der Waals surface area contributed by atoms with Crippen LogP contribution in [0.4, 0.5) is 17.3 Å². The van der Waals surface area contributed by atoms with Crippen molar-refractivity contribution in [2.75, 3.05) is 42.2 Å². The molecule has 0 bridgehead atoms. The van der Waals surface area contributed by atoms with Gasteiger partial charge in [-0.1, -0.05) is 0 Å². The Labute approximate surface area is 131 Å². The molecule has 6 heteroatoms. The Morgan fingerprint density at radius 2 is 2.00 bits per heavy atom. The SMILES string of the molecule is CC(=O)N(C)C1CCCN1c1ccc(N)c(N2CCCC2)n1. The van der Waals surface area contributed by atoms with Crippen molar-refractivity contribution in [3.8, 4) is 0 Å². The van der Waals surface area contributed by atoms with Gasteiger partial charge in [0.1, 0.15) is 12.0 Å². The average molecular weight is 303 g/mol. The number of hydrogen-bond acceptors (Lipinski definition) is 5. The first kappa shape index (κ1) is 14.9. The molecule has 2 saturated heterocycles. The van der Waals surface area contributed by atoms with Gasteiger partial charge >= 0.3 is 0 Å². The maximum atomic E-state index is 11.7. The molecule has 2 aliphatic heterocycles.